The van der Waals surface area contributed by atoms with E-state index in [1.165, 1.54) is 5.39 Å². The molecule has 39 heavy (non-hydrogen) atoms. The van der Waals surface area contributed by atoms with E-state index in [4.69, 9.17) is 21.1 Å². The third-order valence-electron chi connectivity index (χ3n) is 7.47. The normalized spacial score (nSPS) is 19.2. The van der Waals surface area contributed by atoms with Crippen molar-refractivity contribution in [1.82, 2.24) is 19.7 Å². The second-order valence-electron chi connectivity index (χ2n) is 11.5. The molecule has 0 unspecified atom stereocenters. The molecule has 7 nitrogen and oxygen atoms in total. The molecular formula is C31H33ClN4O3. The summed E-state index contributed by atoms with van der Waals surface area (Å²) in [6, 6.07) is 20.4. The number of hydrogen-bond acceptors (Lipinski definition) is 5. The van der Waals surface area contributed by atoms with Crippen molar-refractivity contribution in [2.45, 2.75) is 77.2 Å². The van der Waals surface area contributed by atoms with Crippen LogP contribution >= 0.6 is 11.6 Å². The summed E-state index contributed by atoms with van der Waals surface area (Å²) >= 11 is 6.38. The lowest BCUT2D eigenvalue weighted by Gasteiger charge is -2.29. The van der Waals surface area contributed by atoms with Crippen LogP contribution in [0.1, 0.15) is 69.6 Å². The van der Waals surface area contributed by atoms with Gasteiger partial charge in [0, 0.05) is 16.3 Å². The van der Waals surface area contributed by atoms with Gasteiger partial charge in [0.2, 0.25) is 0 Å². The third-order valence-corrected chi connectivity index (χ3v) is 7.70. The summed E-state index contributed by atoms with van der Waals surface area (Å²) in [6.45, 7) is 6.31. The fourth-order valence-electron chi connectivity index (χ4n) is 5.66. The molecule has 8 heteroatoms. The molecular weight excluding hydrogens is 512 g/mol. The Kier molecular flexibility index (Phi) is 6.71. The summed E-state index contributed by atoms with van der Waals surface area (Å²) < 4.78 is 14.3. The van der Waals surface area contributed by atoms with Crippen molar-refractivity contribution in [3.8, 4) is 11.4 Å². The molecule has 1 aromatic heterocycles. The van der Waals surface area contributed by atoms with Crippen LogP contribution < -0.4 is 4.74 Å². The highest BCUT2D eigenvalue weighted by Gasteiger charge is 2.33. The maximum absolute atomic E-state index is 13.0. The van der Waals surface area contributed by atoms with Gasteiger partial charge in [-0.25, -0.2) is 4.79 Å². The van der Waals surface area contributed by atoms with Crippen LogP contribution in [0.15, 0.2) is 60.7 Å². The number of aromatic nitrogens is 3. The minimum Gasteiger partial charge on any atom is -0.490 e. The first-order chi connectivity index (χ1) is 18.7. The van der Waals surface area contributed by atoms with Gasteiger partial charge in [0.25, 0.3) is 0 Å². The van der Waals surface area contributed by atoms with Gasteiger partial charge in [0.05, 0.1) is 24.9 Å². The van der Waals surface area contributed by atoms with Crippen LogP contribution in [-0.2, 0) is 17.8 Å². The Morgan fingerprint density at radius 1 is 0.949 bits per heavy atom. The van der Waals surface area contributed by atoms with Crippen molar-refractivity contribution >= 4 is 28.5 Å². The predicted molar refractivity (Wildman–Crippen MR) is 151 cm³/mol. The predicted octanol–water partition coefficient (Wildman–Crippen LogP) is 7.43. The minimum atomic E-state index is -0.591. The average Bonchev–Trinajstić information content (AvgIpc) is 3.24. The second-order valence-corrected chi connectivity index (χ2v) is 11.9. The van der Waals surface area contributed by atoms with E-state index in [2.05, 4.69) is 57.2 Å². The third kappa shape index (κ3) is 5.33. The molecule has 1 saturated carbocycles. The lowest BCUT2D eigenvalue weighted by Crippen LogP contribution is -2.35. The molecule has 0 saturated heterocycles. The van der Waals surface area contributed by atoms with Gasteiger partial charge >= 0.3 is 6.09 Å². The number of carbonyl (C=O) groups excluding carboxylic acids is 1. The Hall–Kier alpha value is -3.58. The molecule has 2 heterocycles. The Morgan fingerprint density at radius 3 is 2.51 bits per heavy atom. The Labute approximate surface area is 233 Å². The molecule has 0 radical (unpaired) electrons. The van der Waals surface area contributed by atoms with Gasteiger partial charge in [-0.1, -0.05) is 48.0 Å². The van der Waals surface area contributed by atoms with Crippen LogP contribution in [0.5, 0.6) is 5.75 Å². The summed E-state index contributed by atoms with van der Waals surface area (Å²) in [5, 5.41) is 12.2. The number of hydrogen-bond donors (Lipinski definition) is 0. The maximum Gasteiger partial charge on any atom is 0.411 e. The van der Waals surface area contributed by atoms with Crippen molar-refractivity contribution in [3.05, 3.63) is 82.9 Å². The molecule has 2 aliphatic rings. The van der Waals surface area contributed by atoms with Crippen molar-refractivity contribution in [3.63, 3.8) is 0 Å². The second kappa shape index (κ2) is 10.2. The summed E-state index contributed by atoms with van der Waals surface area (Å²) in [7, 11) is 0. The fourth-order valence-corrected chi connectivity index (χ4v) is 5.86. The Balaban J connectivity index is 1.24. The smallest absolute Gasteiger partial charge is 0.411 e. The molecule has 6 rings (SSSR count). The first kappa shape index (κ1) is 25.7. The van der Waals surface area contributed by atoms with Crippen molar-refractivity contribution in [2.24, 2.45) is 0 Å². The number of amides is 1. The van der Waals surface area contributed by atoms with Gasteiger partial charge in [-0.15, -0.1) is 10.2 Å². The molecule has 0 spiro atoms. The number of nitrogens with zero attached hydrogens (tertiary/aromatic N) is 4. The van der Waals surface area contributed by atoms with Gasteiger partial charge in [0.1, 0.15) is 17.2 Å². The quantitative estimate of drug-likeness (QED) is 0.268. The average molecular weight is 545 g/mol. The van der Waals surface area contributed by atoms with E-state index in [0.29, 0.717) is 18.1 Å². The van der Waals surface area contributed by atoms with Crippen LogP contribution in [0.25, 0.3) is 16.5 Å². The largest absolute Gasteiger partial charge is 0.490 e. The zero-order chi connectivity index (χ0) is 27.1. The number of fused-ring (bicyclic) bond motifs is 4. The van der Waals surface area contributed by atoms with E-state index in [9.17, 15) is 4.79 Å². The van der Waals surface area contributed by atoms with Crippen LogP contribution in [0.2, 0.25) is 5.02 Å². The molecule has 1 aliphatic carbocycles. The fraction of sp³-hybridized carbons (Fsp3) is 0.387. The molecule has 4 aromatic rings. The van der Waals surface area contributed by atoms with E-state index in [1.54, 1.807) is 4.90 Å². The highest BCUT2D eigenvalue weighted by Crippen LogP contribution is 2.38. The van der Waals surface area contributed by atoms with E-state index >= 15 is 0 Å². The lowest BCUT2D eigenvalue weighted by molar-refractivity contribution is 0.0214. The number of benzene rings is 3. The highest BCUT2D eigenvalue weighted by atomic mass is 35.5. The summed E-state index contributed by atoms with van der Waals surface area (Å²) in [5.41, 5.74) is 1.32. The lowest BCUT2D eigenvalue weighted by atomic mass is 9.86. The highest BCUT2D eigenvalue weighted by molar-refractivity contribution is 6.30. The number of halogens is 1. The standard InChI is InChI=1S/C31H33ClN4O3/c1-31(2,3)39-30(37)35-18-22-17-23(32)13-16-26(22)36-28(19-35)33-34-29(36)21-11-14-24(15-12-21)38-27-10-6-8-20-7-4-5-9-25(20)27/h4-10,13,16-17,21,24H,11-12,14-15,18-19H2,1-3H3/t21-,24-. The molecule has 1 fully saturated rings. The van der Waals surface area contributed by atoms with Gasteiger partial charge in [-0.05, 0) is 81.7 Å². The van der Waals surface area contributed by atoms with Crippen LogP contribution in [0.4, 0.5) is 4.79 Å². The van der Waals surface area contributed by atoms with E-state index in [1.807, 2.05) is 39.0 Å². The zero-order valence-electron chi connectivity index (χ0n) is 22.6. The van der Waals surface area contributed by atoms with Crippen LogP contribution in [-0.4, -0.2) is 37.5 Å². The van der Waals surface area contributed by atoms with Crippen molar-refractivity contribution in [1.29, 1.82) is 0 Å². The van der Waals surface area contributed by atoms with E-state index < -0.39 is 5.60 Å². The molecule has 3 aromatic carbocycles. The van der Waals surface area contributed by atoms with Crippen molar-refractivity contribution < 1.29 is 14.3 Å². The SMILES string of the molecule is CC(C)(C)OC(=O)N1Cc2cc(Cl)ccc2-n2c(nnc2[C@H]2CC[C@H](Oc3cccc4ccccc34)CC2)C1. The topological polar surface area (TPSA) is 69.5 Å². The first-order valence-electron chi connectivity index (χ1n) is 13.6. The summed E-state index contributed by atoms with van der Waals surface area (Å²) in [6.07, 6.45) is 3.56. The van der Waals surface area contributed by atoms with Gasteiger partial charge in [0.15, 0.2) is 5.82 Å². The van der Waals surface area contributed by atoms with Gasteiger partial charge in [-0.2, -0.15) is 0 Å². The van der Waals surface area contributed by atoms with Gasteiger partial charge < -0.3 is 9.47 Å². The summed E-state index contributed by atoms with van der Waals surface area (Å²) in [4.78, 5) is 14.7. The first-order valence-corrected chi connectivity index (χ1v) is 14.0. The number of ether oxygens (including phenoxy) is 2. The minimum absolute atomic E-state index is 0.160. The number of carbonyl (C=O) groups is 1. The van der Waals surface area contributed by atoms with Crippen LogP contribution in [0, 0.1) is 0 Å². The van der Waals surface area contributed by atoms with Gasteiger partial charge in [-0.3, -0.25) is 9.47 Å². The van der Waals surface area contributed by atoms with E-state index in [0.717, 1.165) is 59.7 Å². The van der Waals surface area contributed by atoms with Crippen LogP contribution in [0.3, 0.4) is 0 Å². The zero-order valence-corrected chi connectivity index (χ0v) is 23.3. The molecule has 1 amide bonds. The molecule has 0 bridgehead atoms. The monoisotopic (exact) mass is 544 g/mol. The molecule has 0 N–H and O–H groups in total. The Morgan fingerprint density at radius 2 is 1.72 bits per heavy atom. The molecule has 202 valence electrons. The molecule has 0 atom stereocenters. The number of rotatable bonds is 3. The molecule has 1 aliphatic heterocycles. The van der Waals surface area contributed by atoms with Crippen molar-refractivity contribution in [2.75, 3.05) is 0 Å². The Bertz CT molecular complexity index is 1510. The van der Waals surface area contributed by atoms with E-state index in [-0.39, 0.29) is 18.1 Å². The maximum atomic E-state index is 13.0. The summed E-state index contributed by atoms with van der Waals surface area (Å²) in [5.74, 6) is 2.85.